The predicted octanol–water partition coefficient (Wildman–Crippen LogP) is 2.46. The van der Waals surface area contributed by atoms with Crippen LogP contribution in [-0.2, 0) is 19.1 Å². The summed E-state index contributed by atoms with van der Waals surface area (Å²) in [5, 5.41) is 0.594. The molecule has 2 rings (SSSR count). The van der Waals surface area contributed by atoms with Crippen molar-refractivity contribution in [3.8, 4) is 0 Å². The highest BCUT2D eigenvalue weighted by Crippen LogP contribution is 2.54. The van der Waals surface area contributed by atoms with Gasteiger partial charge in [0.2, 0.25) is 0 Å². The van der Waals surface area contributed by atoms with Crippen LogP contribution in [0.25, 0.3) is 6.08 Å². The Labute approximate surface area is 116 Å². The molecule has 1 aliphatic carbocycles. The molecule has 0 aliphatic heterocycles. The summed E-state index contributed by atoms with van der Waals surface area (Å²) in [6, 6.07) is 7.15. The van der Waals surface area contributed by atoms with Gasteiger partial charge in [0, 0.05) is 11.4 Å². The van der Waals surface area contributed by atoms with E-state index in [-0.39, 0.29) is 0 Å². The minimum Gasteiger partial charge on any atom is -0.468 e. The van der Waals surface area contributed by atoms with Gasteiger partial charge >= 0.3 is 11.9 Å². The van der Waals surface area contributed by atoms with Crippen LogP contribution in [0.15, 0.2) is 29.8 Å². The Kier molecular flexibility index (Phi) is 3.62. The molecule has 1 fully saturated rings. The molecule has 1 saturated carbocycles. The Hall–Kier alpha value is -1.81. The Morgan fingerprint density at radius 2 is 1.89 bits per heavy atom. The Morgan fingerprint density at radius 1 is 1.26 bits per heavy atom. The lowest BCUT2D eigenvalue weighted by Crippen LogP contribution is -2.28. The third-order valence-electron chi connectivity index (χ3n) is 3.14. The topological polar surface area (TPSA) is 52.6 Å². The number of halogens is 1. The first-order chi connectivity index (χ1) is 9.04. The fourth-order valence-corrected chi connectivity index (χ4v) is 2.25. The van der Waals surface area contributed by atoms with Gasteiger partial charge in [-0.3, -0.25) is 9.59 Å². The fraction of sp³-hybridized carbons (Fsp3) is 0.286. The molecule has 0 bridgehead atoms. The van der Waals surface area contributed by atoms with Crippen molar-refractivity contribution in [1.29, 1.82) is 0 Å². The van der Waals surface area contributed by atoms with Crippen LogP contribution in [0, 0.1) is 5.41 Å². The standard InChI is InChI=1S/C14H13ClO4/c1-18-12(16)14(13(17)19-2)8-10(14)6-9-4-3-5-11(15)7-9/h3-7H,8H2,1-2H3/b10-6+. The molecule has 0 amide bonds. The summed E-state index contributed by atoms with van der Waals surface area (Å²) in [5.41, 5.74) is 0.233. The number of methoxy groups -OCH3 is 2. The van der Waals surface area contributed by atoms with Crippen molar-refractivity contribution in [2.24, 2.45) is 5.41 Å². The van der Waals surface area contributed by atoms with Gasteiger partial charge in [-0.1, -0.05) is 29.8 Å². The van der Waals surface area contributed by atoms with Crippen LogP contribution in [0.3, 0.4) is 0 Å². The Balaban J connectivity index is 2.33. The zero-order valence-electron chi connectivity index (χ0n) is 10.6. The molecule has 1 aromatic carbocycles. The third-order valence-corrected chi connectivity index (χ3v) is 3.37. The van der Waals surface area contributed by atoms with Crippen LogP contribution < -0.4 is 0 Å². The van der Waals surface area contributed by atoms with E-state index in [2.05, 4.69) is 9.47 Å². The first-order valence-corrected chi connectivity index (χ1v) is 6.06. The van der Waals surface area contributed by atoms with Gasteiger partial charge in [-0.25, -0.2) is 0 Å². The maximum Gasteiger partial charge on any atom is 0.327 e. The normalized spacial score (nSPS) is 17.9. The van der Waals surface area contributed by atoms with Crippen molar-refractivity contribution < 1.29 is 19.1 Å². The summed E-state index contributed by atoms with van der Waals surface area (Å²) in [6.45, 7) is 0. The van der Waals surface area contributed by atoms with E-state index in [1.165, 1.54) is 14.2 Å². The number of hydrogen-bond donors (Lipinski definition) is 0. The SMILES string of the molecule is COC(=O)C1(C(=O)OC)C/C1=C\c1cccc(Cl)c1. The predicted molar refractivity (Wildman–Crippen MR) is 70.5 cm³/mol. The van der Waals surface area contributed by atoms with E-state index >= 15 is 0 Å². The highest BCUT2D eigenvalue weighted by Gasteiger charge is 2.64. The summed E-state index contributed by atoms with van der Waals surface area (Å²) in [6.07, 6.45) is 2.08. The molecule has 0 heterocycles. The molecular weight excluding hydrogens is 268 g/mol. The molecule has 1 aromatic rings. The van der Waals surface area contributed by atoms with E-state index in [4.69, 9.17) is 11.6 Å². The minimum absolute atomic E-state index is 0.318. The lowest BCUT2D eigenvalue weighted by atomic mass is 10.1. The number of carbonyl (C=O) groups excluding carboxylic acids is 2. The summed E-state index contributed by atoms with van der Waals surface area (Å²) >= 11 is 5.89. The maximum atomic E-state index is 11.8. The summed E-state index contributed by atoms with van der Waals surface area (Å²) in [5.74, 6) is -1.18. The smallest absolute Gasteiger partial charge is 0.327 e. The molecule has 0 N–H and O–H groups in total. The van der Waals surface area contributed by atoms with E-state index in [9.17, 15) is 9.59 Å². The summed E-state index contributed by atoms with van der Waals surface area (Å²) in [7, 11) is 2.50. The quantitative estimate of drug-likeness (QED) is 0.630. The van der Waals surface area contributed by atoms with Crippen molar-refractivity contribution in [2.45, 2.75) is 6.42 Å². The van der Waals surface area contributed by atoms with Crippen LogP contribution >= 0.6 is 11.6 Å². The molecule has 5 heteroatoms. The molecule has 0 spiro atoms. The number of esters is 2. The zero-order chi connectivity index (χ0) is 14.0. The van der Waals surface area contributed by atoms with Crippen molar-refractivity contribution >= 4 is 29.6 Å². The molecular formula is C14H13ClO4. The molecule has 0 unspecified atom stereocenters. The molecule has 100 valence electrons. The average Bonchev–Trinajstić information content (AvgIpc) is 3.12. The minimum atomic E-state index is -1.27. The molecule has 4 nitrogen and oxygen atoms in total. The second-order valence-corrected chi connectivity index (χ2v) is 4.73. The number of ether oxygens (including phenoxy) is 2. The van der Waals surface area contributed by atoms with Crippen LogP contribution in [0.2, 0.25) is 5.02 Å². The van der Waals surface area contributed by atoms with Gasteiger partial charge in [-0.15, -0.1) is 0 Å². The van der Waals surface area contributed by atoms with Crippen molar-refractivity contribution in [3.05, 3.63) is 40.4 Å². The van der Waals surface area contributed by atoms with Crippen LogP contribution in [0.1, 0.15) is 12.0 Å². The molecule has 19 heavy (non-hydrogen) atoms. The van der Waals surface area contributed by atoms with E-state index in [1.807, 2.05) is 6.07 Å². The first kappa shape index (κ1) is 13.6. The molecule has 0 aromatic heterocycles. The highest BCUT2D eigenvalue weighted by molar-refractivity contribution is 6.30. The van der Waals surface area contributed by atoms with Crippen LogP contribution in [-0.4, -0.2) is 26.2 Å². The van der Waals surface area contributed by atoms with E-state index in [0.717, 1.165) is 5.56 Å². The van der Waals surface area contributed by atoms with Gasteiger partial charge in [0.15, 0.2) is 5.41 Å². The molecule has 0 atom stereocenters. The van der Waals surface area contributed by atoms with Gasteiger partial charge in [0.05, 0.1) is 14.2 Å². The van der Waals surface area contributed by atoms with Gasteiger partial charge < -0.3 is 9.47 Å². The largest absolute Gasteiger partial charge is 0.468 e. The van der Waals surface area contributed by atoms with E-state index < -0.39 is 17.4 Å². The fourth-order valence-electron chi connectivity index (χ4n) is 2.05. The monoisotopic (exact) mass is 280 g/mol. The third kappa shape index (κ3) is 2.36. The number of rotatable bonds is 3. The van der Waals surface area contributed by atoms with Crippen molar-refractivity contribution in [1.82, 2.24) is 0 Å². The molecule has 1 aliphatic rings. The summed E-state index contributed by atoms with van der Waals surface area (Å²) < 4.78 is 9.37. The van der Waals surface area contributed by atoms with Crippen molar-refractivity contribution in [3.63, 3.8) is 0 Å². The lowest BCUT2D eigenvalue weighted by molar-refractivity contribution is -0.160. The van der Waals surface area contributed by atoms with E-state index in [1.54, 1.807) is 24.3 Å². The van der Waals surface area contributed by atoms with Crippen LogP contribution in [0.4, 0.5) is 0 Å². The highest BCUT2D eigenvalue weighted by atomic mass is 35.5. The van der Waals surface area contributed by atoms with E-state index in [0.29, 0.717) is 17.0 Å². The number of carbonyl (C=O) groups is 2. The summed E-state index contributed by atoms with van der Waals surface area (Å²) in [4.78, 5) is 23.5. The van der Waals surface area contributed by atoms with Gasteiger partial charge in [0.1, 0.15) is 0 Å². The maximum absolute atomic E-state index is 11.8. The van der Waals surface area contributed by atoms with Gasteiger partial charge in [-0.2, -0.15) is 0 Å². The Bertz CT molecular complexity index is 546. The second kappa shape index (κ2) is 5.05. The molecule has 0 saturated heterocycles. The van der Waals surface area contributed by atoms with Gasteiger partial charge in [-0.05, 0) is 23.3 Å². The second-order valence-electron chi connectivity index (χ2n) is 4.29. The lowest BCUT2D eigenvalue weighted by Gasteiger charge is -2.09. The molecule has 0 radical (unpaired) electrons. The van der Waals surface area contributed by atoms with Gasteiger partial charge in [0.25, 0.3) is 0 Å². The average molecular weight is 281 g/mol. The number of benzene rings is 1. The first-order valence-electron chi connectivity index (χ1n) is 5.68. The van der Waals surface area contributed by atoms with Crippen molar-refractivity contribution in [2.75, 3.05) is 14.2 Å². The number of hydrogen-bond acceptors (Lipinski definition) is 4. The zero-order valence-corrected chi connectivity index (χ0v) is 11.4. The Morgan fingerprint density at radius 3 is 2.42 bits per heavy atom. The van der Waals surface area contributed by atoms with Crippen LogP contribution in [0.5, 0.6) is 0 Å².